The van der Waals surface area contributed by atoms with Crippen LogP contribution in [-0.4, -0.2) is 23.9 Å². The summed E-state index contributed by atoms with van der Waals surface area (Å²) in [5.41, 5.74) is 2.72. The molecule has 0 radical (unpaired) electrons. The third-order valence-corrected chi connectivity index (χ3v) is 7.45. The maximum Gasteiger partial charge on any atom is 0.119 e. The van der Waals surface area contributed by atoms with Gasteiger partial charge in [-0.3, -0.25) is 0 Å². The third-order valence-electron chi connectivity index (χ3n) is 3.38. The first-order valence-electron chi connectivity index (χ1n) is 7.47. The molecule has 0 unspecified atom stereocenters. The minimum atomic E-state index is 0.617. The van der Waals surface area contributed by atoms with Gasteiger partial charge in [-0.05, 0) is 36.8 Å². The standard InChI is InChI=1S/C18H20OS3/c1-14-3-2-4-17(13-14)20-10-9-19-16-7-5-15(6-8-16)18-21-11-12-22-18/h2-8,13,18H,9-12H2,1H3. The van der Waals surface area contributed by atoms with Crippen molar-refractivity contribution in [2.75, 3.05) is 23.9 Å². The van der Waals surface area contributed by atoms with Gasteiger partial charge in [0, 0.05) is 22.2 Å². The van der Waals surface area contributed by atoms with Crippen LogP contribution in [-0.2, 0) is 0 Å². The van der Waals surface area contributed by atoms with Crippen molar-refractivity contribution in [2.45, 2.75) is 16.4 Å². The molecule has 2 aromatic carbocycles. The first kappa shape index (κ1) is 16.2. The summed E-state index contributed by atoms with van der Waals surface area (Å²) in [6.07, 6.45) is 0. The van der Waals surface area contributed by atoms with Crippen LogP contribution < -0.4 is 4.74 Å². The fraction of sp³-hybridized carbons (Fsp3) is 0.333. The molecule has 1 heterocycles. The first-order chi connectivity index (χ1) is 10.8. The SMILES string of the molecule is Cc1cccc(SCCOc2ccc(C3SCCS3)cc2)c1. The maximum absolute atomic E-state index is 5.84. The van der Waals surface area contributed by atoms with E-state index in [0.29, 0.717) is 4.58 Å². The quantitative estimate of drug-likeness (QED) is 0.493. The second kappa shape index (κ2) is 8.23. The molecule has 1 aliphatic heterocycles. The number of hydrogen-bond acceptors (Lipinski definition) is 4. The predicted octanol–water partition coefficient (Wildman–Crippen LogP) is 5.64. The molecular formula is C18H20OS3. The number of benzene rings is 2. The Hall–Kier alpha value is -0.710. The van der Waals surface area contributed by atoms with E-state index in [9.17, 15) is 0 Å². The highest BCUT2D eigenvalue weighted by Gasteiger charge is 2.17. The zero-order valence-corrected chi connectivity index (χ0v) is 15.1. The number of rotatable bonds is 6. The highest BCUT2D eigenvalue weighted by Crippen LogP contribution is 2.45. The van der Waals surface area contributed by atoms with Crippen molar-refractivity contribution >= 4 is 35.3 Å². The fourth-order valence-electron chi connectivity index (χ4n) is 2.30. The molecular weight excluding hydrogens is 328 g/mol. The van der Waals surface area contributed by atoms with E-state index in [1.54, 1.807) is 0 Å². The Morgan fingerprint density at radius 3 is 2.59 bits per heavy atom. The van der Waals surface area contributed by atoms with Crippen molar-refractivity contribution in [3.05, 3.63) is 59.7 Å². The lowest BCUT2D eigenvalue weighted by atomic mass is 10.2. The van der Waals surface area contributed by atoms with E-state index < -0.39 is 0 Å². The molecule has 22 heavy (non-hydrogen) atoms. The summed E-state index contributed by atoms with van der Waals surface area (Å²) in [6, 6.07) is 17.2. The van der Waals surface area contributed by atoms with Crippen LogP contribution in [0.4, 0.5) is 0 Å². The van der Waals surface area contributed by atoms with E-state index in [4.69, 9.17) is 4.74 Å². The molecule has 0 saturated carbocycles. The second-order valence-corrected chi connectivity index (χ2v) is 9.05. The summed E-state index contributed by atoms with van der Waals surface area (Å²) >= 11 is 5.93. The largest absolute Gasteiger partial charge is 0.493 e. The average molecular weight is 349 g/mol. The Morgan fingerprint density at radius 2 is 1.86 bits per heavy atom. The van der Waals surface area contributed by atoms with Crippen LogP contribution in [0, 0.1) is 6.92 Å². The highest BCUT2D eigenvalue weighted by atomic mass is 32.2. The second-order valence-electron chi connectivity index (χ2n) is 5.16. The zero-order valence-electron chi connectivity index (χ0n) is 12.7. The Kier molecular flexibility index (Phi) is 6.04. The molecule has 1 nitrogen and oxygen atoms in total. The molecule has 116 valence electrons. The van der Waals surface area contributed by atoms with Crippen molar-refractivity contribution < 1.29 is 4.74 Å². The van der Waals surface area contributed by atoms with Gasteiger partial charge in [0.2, 0.25) is 0 Å². The third kappa shape index (κ3) is 4.64. The molecule has 1 saturated heterocycles. The van der Waals surface area contributed by atoms with Gasteiger partial charge < -0.3 is 4.74 Å². The molecule has 0 bridgehead atoms. The molecule has 1 fully saturated rings. The molecule has 1 aliphatic rings. The maximum atomic E-state index is 5.84. The minimum Gasteiger partial charge on any atom is -0.493 e. The number of ether oxygens (including phenoxy) is 1. The molecule has 0 atom stereocenters. The monoisotopic (exact) mass is 348 g/mol. The van der Waals surface area contributed by atoms with Crippen LogP contribution in [0.2, 0.25) is 0 Å². The van der Waals surface area contributed by atoms with Crippen molar-refractivity contribution in [1.29, 1.82) is 0 Å². The van der Waals surface area contributed by atoms with Crippen molar-refractivity contribution in [3.63, 3.8) is 0 Å². The van der Waals surface area contributed by atoms with Gasteiger partial charge in [0.1, 0.15) is 5.75 Å². The Labute approximate surface area is 145 Å². The van der Waals surface area contributed by atoms with Crippen LogP contribution in [0.5, 0.6) is 5.75 Å². The summed E-state index contributed by atoms with van der Waals surface area (Å²) < 4.78 is 6.46. The van der Waals surface area contributed by atoms with Gasteiger partial charge in [0.15, 0.2) is 0 Å². The summed E-state index contributed by atoms with van der Waals surface area (Å²) in [5, 5.41) is 0. The average Bonchev–Trinajstić information content (AvgIpc) is 3.07. The summed E-state index contributed by atoms with van der Waals surface area (Å²) in [7, 11) is 0. The zero-order chi connectivity index (χ0) is 15.2. The lowest BCUT2D eigenvalue weighted by Gasteiger charge is -2.10. The fourth-order valence-corrected chi connectivity index (χ4v) is 6.00. The minimum absolute atomic E-state index is 0.617. The van der Waals surface area contributed by atoms with E-state index in [-0.39, 0.29) is 0 Å². The lowest BCUT2D eigenvalue weighted by molar-refractivity contribution is 0.344. The number of thioether (sulfide) groups is 3. The van der Waals surface area contributed by atoms with Crippen molar-refractivity contribution in [3.8, 4) is 5.75 Å². The number of hydrogen-bond donors (Lipinski definition) is 0. The van der Waals surface area contributed by atoms with Crippen LogP contribution in [0.3, 0.4) is 0 Å². The molecule has 0 amide bonds. The molecule has 2 aromatic rings. The van der Waals surface area contributed by atoms with Crippen LogP contribution in [0.15, 0.2) is 53.4 Å². The van der Waals surface area contributed by atoms with Crippen LogP contribution in [0.1, 0.15) is 15.7 Å². The van der Waals surface area contributed by atoms with E-state index >= 15 is 0 Å². The summed E-state index contributed by atoms with van der Waals surface area (Å²) in [4.78, 5) is 1.31. The van der Waals surface area contributed by atoms with Gasteiger partial charge in [-0.25, -0.2) is 0 Å². The first-order valence-corrected chi connectivity index (χ1v) is 10.5. The van der Waals surface area contributed by atoms with Crippen molar-refractivity contribution in [1.82, 2.24) is 0 Å². The van der Waals surface area contributed by atoms with E-state index in [0.717, 1.165) is 18.1 Å². The highest BCUT2D eigenvalue weighted by molar-refractivity contribution is 8.19. The Morgan fingerprint density at radius 1 is 1.09 bits per heavy atom. The van der Waals surface area contributed by atoms with Gasteiger partial charge in [-0.15, -0.1) is 35.3 Å². The van der Waals surface area contributed by atoms with Gasteiger partial charge in [-0.2, -0.15) is 0 Å². The van der Waals surface area contributed by atoms with E-state index in [2.05, 4.69) is 55.5 Å². The number of aryl methyl sites for hydroxylation is 1. The molecule has 0 aromatic heterocycles. The van der Waals surface area contributed by atoms with Crippen LogP contribution in [0.25, 0.3) is 0 Å². The van der Waals surface area contributed by atoms with Gasteiger partial charge in [0.25, 0.3) is 0 Å². The van der Waals surface area contributed by atoms with E-state index in [1.165, 1.54) is 27.5 Å². The Balaban J connectivity index is 1.43. The Bertz CT molecular complexity index is 592. The van der Waals surface area contributed by atoms with Gasteiger partial charge >= 0.3 is 0 Å². The molecule has 0 spiro atoms. The predicted molar refractivity (Wildman–Crippen MR) is 101 cm³/mol. The smallest absolute Gasteiger partial charge is 0.119 e. The summed E-state index contributed by atoms with van der Waals surface area (Å²) in [6.45, 7) is 2.87. The van der Waals surface area contributed by atoms with Gasteiger partial charge in [-0.1, -0.05) is 29.8 Å². The van der Waals surface area contributed by atoms with Crippen LogP contribution >= 0.6 is 35.3 Å². The summed E-state index contributed by atoms with van der Waals surface area (Å²) in [5.74, 6) is 4.48. The molecule has 3 rings (SSSR count). The normalized spacial score (nSPS) is 15.1. The van der Waals surface area contributed by atoms with E-state index in [1.807, 2.05) is 35.3 Å². The molecule has 4 heteroatoms. The molecule has 0 aliphatic carbocycles. The molecule has 0 N–H and O–H groups in total. The topological polar surface area (TPSA) is 9.23 Å². The lowest BCUT2D eigenvalue weighted by Crippen LogP contribution is -2.00. The van der Waals surface area contributed by atoms with Crippen molar-refractivity contribution in [2.24, 2.45) is 0 Å². The van der Waals surface area contributed by atoms with Gasteiger partial charge in [0.05, 0.1) is 11.2 Å².